The highest BCUT2D eigenvalue weighted by molar-refractivity contribution is 7.83. The van der Waals surface area contributed by atoms with Gasteiger partial charge in [0.1, 0.15) is 17.7 Å². The van der Waals surface area contributed by atoms with Gasteiger partial charge in [0.05, 0.1) is 12.1 Å². The van der Waals surface area contributed by atoms with Gasteiger partial charge in [-0.3, -0.25) is 4.55 Å². The molecule has 0 spiro atoms. The second-order valence-electron chi connectivity index (χ2n) is 6.96. The molecule has 3 aromatic rings. The van der Waals surface area contributed by atoms with Crippen molar-refractivity contribution in [1.82, 2.24) is 24.2 Å². The average Bonchev–Trinajstić information content (AvgIpc) is 3.24. The van der Waals surface area contributed by atoms with Crippen molar-refractivity contribution < 1.29 is 18.1 Å². The monoisotopic (exact) mass is 438 g/mol. The van der Waals surface area contributed by atoms with Gasteiger partial charge in [0.2, 0.25) is 0 Å². The van der Waals surface area contributed by atoms with Gasteiger partial charge in [0, 0.05) is 23.7 Å². The van der Waals surface area contributed by atoms with E-state index in [1.165, 1.54) is 13.4 Å². The normalized spacial score (nSPS) is 22.4. The summed E-state index contributed by atoms with van der Waals surface area (Å²) in [6.07, 6.45) is 1.06. The number of hydrogen-bond acceptors (Lipinski definition) is 7. The first-order valence-corrected chi connectivity index (χ1v) is 10.6. The van der Waals surface area contributed by atoms with E-state index in [2.05, 4.69) is 25.3 Å². The first kappa shape index (κ1) is 20.0. The number of hydrogen-bond donors (Lipinski definition) is 4. The number of halogens is 1. The lowest BCUT2D eigenvalue weighted by atomic mass is 10.2. The van der Waals surface area contributed by atoms with E-state index >= 15 is 0 Å². The number of fused-ring (bicyclic) bond motifs is 1. The highest BCUT2D eigenvalue weighted by Gasteiger charge is 2.39. The molecule has 1 fully saturated rings. The number of nitrogens with zero attached hydrogens (tertiary/aromatic N) is 4. The zero-order valence-corrected chi connectivity index (χ0v) is 16.9. The number of aliphatic hydroxyl groups excluding tert-OH is 1. The van der Waals surface area contributed by atoms with E-state index in [1.54, 1.807) is 12.1 Å². The number of nitrogens with one attached hydrogen (secondary N) is 2. The summed E-state index contributed by atoms with van der Waals surface area (Å²) < 4.78 is 32.8. The van der Waals surface area contributed by atoms with Crippen LogP contribution < -0.4 is 5.32 Å². The average molecular weight is 439 g/mol. The molecule has 0 radical (unpaired) electrons. The van der Waals surface area contributed by atoms with Gasteiger partial charge < -0.3 is 15.4 Å². The Kier molecular flexibility index (Phi) is 5.17. The molecule has 0 amide bonds. The molecule has 4 rings (SSSR count). The molecule has 3 atom stereocenters. The second-order valence-corrected chi connectivity index (χ2v) is 8.87. The summed E-state index contributed by atoms with van der Waals surface area (Å²) in [5.41, 5.74) is 1.85. The summed E-state index contributed by atoms with van der Waals surface area (Å²) in [6.45, 7) is 0. The summed E-state index contributed by atoms with van der Waals surface area (Å²) in [5, 5.41) is 14.0. The van der Waals surface area contributed by atoms with Crippen LogP contribution in [0.2, 0.25) is 5.02 Å². The molecule has 0 unspecified atom stereocenters. The number of aliphatic hydroxyl groups is 1. The Labute approximate surface area is 171 Å². The fourth-order valence-corrected chi connectivity index (χ4v) is 4.34. The number of benzene rings is 1. The Bertz CT molecular complexity index is 1150. The maximum atomic E-state index is 11.4. The molecular formula is C17H19ClN6O4S. The van der Waals surface area contributed by atoms with Crippen LogP contribution in [0.25, 0.3) is 22.6 Å². The topological polar surface area (TPSA) is 144 Å². The molecular weight excluding hydrogens is 420 g/mol. The van der Waals surface area contributed by atoms with Crippen LogP contribution in [0.3, 0.4) is 0 Å². The van der Waals surface area contributed by atoms with Crippen molar-refractivity contribution in [3.05, 3.63) is 35.6 Å². The molecule has 1 aliphatic rings. The molecule has 0 aliphatic heterocycles. The summed E-state index contributed by atoms with van der Waals surface area (Å²) in [6, 6.07) is 6.25. The third kappa shape index (κ3) is 4.05. The lowest BCUT2D eigenvalue weighted by Crippen LogP contribution is -2.41. The summed E-state index contributed by atoms with van der Waals surface area (Å²) >= 11 is 6.05. The smallest absolute Gasteiger partial charge is 0.335 e. The minimum absolute atomic E-state index is 0.254. The molecule has 4 N–H and O–H groups in total. The molecule has 1 saturated carbocycles. The van der Waals surface area contributed by atoms with E-state index in [1.807, 2.05) is 12.1 Å². The standard InChI is InChI=1S/C17H19ClN6O4S/c1-24(29(26,27)28)12-6-11(7-13(12)25)21-16-14-17(20-8-19-16)23-15(22-14)9-3-2-4-10(18)5-9/h2-5,8,11-13,25H,6-7H2,1H3,(H,26,27,28)(H2,19,20,21,22,23)/t11-,12+,13+/m1/s1. The molecule has 1 aromatic carbocycles. The van der Waals surface area contributed by atoms with Crippen LogP contribution in [0.5, 0.6) is 0 Å². The zero-order chi connectivity index (χ0) is 20.8. The predicted octanol–water partition coefficient (Wildman–Crippen LogP) is 1.71. The fraction of sp³-hybridized carbons (Fsp3) is 0.353. The van der Waals surface area contributed by atoms with Gasteiger partial charge in [-0.2, -0.15) is 12.7 Å². The van der Waals surface area contributed by atoms with Gasteiger partial charge in [0.25, 0.3) is 0 Å². The molecule has 10 nitrogen and oxygen atoms in total. The second kappa shape index (κ2) is 7.50. The number of anilines is 1. The summed E-state index contributed by atoms with van der Waals surface area (Å²) in [4.78, 5) is 16.1. The van der Waals surface area contributed by atoms with Crippen LogP contribution in [0.1, 0.15) is 12.8 Å². The van der Waals surface area contributed by atoms with E-state index in [9.17, 15) is 18.1 Å². The first-order valence-electron chi connectivity index (χ1n) is 8.84. The van der Waals surface area contributed by atoms with E-state index < -0.39 is 22.4 Å². The minimum Gasteiger partial charge on any atom is -0.391 e. The van der Waals surface area contributed by atoms with Gasteiger partial charge in [-0.15, -0.1) is 0 Å². The lowest BCUT2D eigenvalue weighted by molar-refractivity contribution is 0.118. The number of imidazole rings is 1. The first-order chi connectivity index (χ1) is 13.7. The Morgan fingerprint density at radius 3 is 2.83 bits per heavy atom. The van der Waals surface area contributed by atoms with E-state index in [0.29, 0.717) is 40.7 Å². The quantitative estimate of drug-likeness (QED) is 0.440. The van der Waals surface area contributed by atoms with Gasteiger partial charge in [-0.05, 0) is 25.0 Å². The summed E-state index contributed by atoms with van der Waals surface area (Å²) in [7, 11) is -3.15. The van der Waals surface area contributed by atoms with Crippen molar-refractivity contribution in [3.63, 3.8) is 0 Å². The van der Waals surface area contributed by atoms with Gasteiger partial charge in [-0.25, -0.2) is 15.0 Å². The van der Waals surface area contributed by atoms with Crippen LogP contribution in [0.4, 0.5) is 5.82 Å². The van der Waals surface area contributed by atoms with Crippen molar-refractivity contribution in [2.75, 3.05) is 12.4 Å². The van der Waals surface area contributed by atoms with Crippen LogP contribution in [0.15, 0.2) is 30.6 Å². The number of H-pyrrole nitrogens is 1. The van der Waals surface area contributed by atoms with Crippen molar-refractivity contribution in [2.45, 2.75) is 31.0 Å². The van der Waals surface area contributed by atoms with Crippen molar-refractivity contribution in [1.29, 1.82) is 0 Å². The molecule has 1 aliphatic carbocycles. The van der Waals surface area contributed by atoms with Crippen molar-refractivity contribution in [2.24, 2.45) is 0 Å². The molecule has 0 bridgehead atoms. The Morgan fingerprint density at radius 2 is 2.10 bits per heavy atom. The Morgan fingerprint density at radius 1 is 1.31 bits per heavy atom. The highest BCUT2D eigenvalue weighted by Crippen LogP contribution is 2.30. The number of aromatic nitrogens is 4. The molecule has 0 saturated heterocycles. The van der Waals surface area contributed by atoms with E-state index in [-0.39, 0.29) is 6.04 Å². The van der Waals surface area contributed by atoms with E-state index in [0.717, 1.165) is 9.87 Å². The number of rotatable bonds is 5. The lowest BCUT2D eigenvalue weighted by Gasteiger charge is -2.23. The Hall–Kier alpha value is -2.31. The van der Waals surface area contributed by atoms with Crippen molar-refractivity contribution >= 4 is 38.9 Å². The largest absolute Gasteiger partial charge is 0.391 e. The number of likely N-dealkylation sites (N-methyl/N-ethyl adjacent to an activating group) is 1. The van der Waals surface area contributed by atoms with Gasteiger partial charge in [-0.1, -0.05) is 23.7 Å². The molecule has 29 heavy (non-hydrogen) atoms. The minimum atomic E-state index is -4.39. The Balaban J connectivity index is 1.59. The highest BCUT2D eigenvalue weighted by atomic mass is 35.5. The maximum absolute atomic E-state index is 11.4. The van der Waals surface area contributed by atoms with Crippen LogP contribution >= 0.6 is 11.6 Å². The fourth-order valence-electron chi connectivity index (χ4n) is 3.58. The van der Waals surface area contributed by atoms with Gasteiger partial charge in [0.15, 0.2) is 11.5 Å². The predicted molar refractivity (Wildman–Crippen MR) is 108 cm³/mol. The van der Waals surface area contributed by atoms with Crippen molar-refractivity contribution in [3.8, 4) is 11.4 Å². The third-order valence-electron chi connectivity index (χ3n) is 5.05. The SMILES string of the molecule is CN([C@H]1C[C@@H](Nc2ncnc3nc(-c4cccc(Cl)c4)[nH]c23)C[C@@H]1O)S(=O)(=O)O. The zero-order valence-electron chi connectivity index (χ0n) is 15.3. The van der Waals surface area contributed by atoms with E-state index in [4.69, 9.17) is 11.6 Å². The number of aromatic amines is 1. The van der Waals surface area contributed by atoms with Crippen LogP contribution in [-0.2, 0) is 10.3 Å². The maximum Gasteiger partial charge on any atom is 0.335 e. The third-order valence-corrected chi connectivity index (χ3v) is 6.29. The van der Waals surface area contributed by atoms with Crippen LogP contribution in [-0.4, -0.2) is 67.6 Å². The molecule has 12 heteroatoms. The van der Waals surface area contributed by atoms with Crippen LogP contribution in [0, 0.1) is 0 Å². The summed E-state index contributed by atoms with van der Waals surface area (Å²) in [5.74, 6) is 1.07. The molecule has 154 valence electrons. The van der Waals surface area contributed by atoms with Gasteiger partial charge >= 0.3 is 10.3 Å². The molecule has 2 aromatic heterocycles. The molecule has 2 heterocycles.